The molecular weight excluding hydrogens is 440 g/mol. The van der Waals surface area contributed by atoms with Crippen LogP contribution in [0.25, 0.3) is 6.08 Å². The Bertz CT molecular complexity index is 1450. The van der Waals surface area contributed by atoms with Crippen molar-refractivity contribution in [1.29, 1.82) is 0 Å². The van der Waals surface area contributed by atoms with Gasteiger partial charge in [0.05, 0.1) is 31.9 Å². The molecule has 1 aliphatic heterocycles. The maximum Gasteiger partial charge on any atom is 0.271 e. The number of para-hydroxylation sites is 1. The van der Waals surface area contributed by atoms with Gasteiger partial charge in [-0.05, 0) is 38.1 Å². The molecule has 0 spiro atoms. The van der Waals surface area contributed by atoms with Crippen molar-refractivity contribution >= 4 is 23.2 Å². The number of carbonyl (C=O) groups excluding carboxylic acids is 1. The van der Waals surface area contributed by atoms with Gasteiger partial charge < -0.3 is 14.2 Å². The highest BCUT2D eigenvalue weighted by molar-refractivity contribution is 7.07. The molecule has 0 saturated carbocycles. The molecule has 8 heteroatoms. The van der Waals surface area contributed by atoms with E-state index in [-0.39, 0.29) is 11.3 Å². The summed E-state index contributed by atoms with van der Waals surface area (Å²) in [7, 11) is 4.71. The fourth-order valence-corrected chi connectivity index (χ4v) is 5.07. The molecule has 0 N–H and O–H groups in total. The number of Topliss-reactive ketones (excluding diaryl/α,β-unsaturated/α-hetero) is 1. The summed E-state index contributed by atoms with van der Waals surface area (Å²) in [4.78, 5) is 31.5. The second-order valence-electron chi connectivity index (χ2n) is 7.49. The molecule has 4 rings (SSSR count). The first-order valence-electron chi connectivity index (χ1n) is 10.3. The van der Waals surface area contributed by atoms with Crippen LogP contribution in [0.2, 0.25) is 0 Å². The Hall–Kier alpha value is -3.65. The minimum atomic E-state index is -0.667. The molecule has 1 aromatic heterocycles. The zero-order chi connectivity index (χ0) is 23.7. The SMILES string of the molecule is COc1ccc([C@@H]2C(C(C)=O)=C(C)N=c3sc(=Cc4ccccc4OC)c(=O)n32)c(OC)c1. The smallest absolute Gasteiger partial charge is 0.271 e. The van der Waals surface area contributed by atoms with Crippen LogP contribution in [0.3, 0.4) is 0 Å². The average Bonchev–Trinajstić information content (AvgIpc) is 3.12. The van der Waals surface area contributed by atoms with Crippen molar-refractivity contribution in [3.63, 3.8) is 0 Å². The summed E-state index contributed by atoms with van der Waals surface area (Å²) >= 11 is 1.27. The molecule has 0 radical (unpaired) electrons. The third-order valence-corrected chi connectivity index (χ3v) is 6.54. The van der Waals surface area contributed by atoms with Crippen LogP contribution in [0.5, 0.6) is 17.2 Å². The number of nitrogens with zero attached hydrogens (tertiary/aromatic N) is 2. The average molecular weight is 465 g/mol. The van der Waals surface area contributed by atoms with Gasteiger partial charge in [-0.2, -0.15) is 0 Å². The van der Waals surface area contributed by atoms with Crippen LogP contribution in [0.1, 0.15) is 31.0 Å². The first-order chi connectivity index (χ1) is 15.9. The van der Waals surface area contributed by atoms with Gasteiger partial charge in [0.25, 0.3) is 5.56 Å². The molecule has 0 fully saturated rings. The van der Waals surface area contributed by atoms with Crippen LogP contribution < -0.4 is 29.1 Å². The Balaban J connectivity index is 2.01. The Labute approximate surface area is 194 Å². The predicted molar refractivity (Wildman–Crippen MR) is 127 cm³/mol. The van der Waals surface area contributed by atoms with Crippen LogP contribution in [0, 0.1) is 0 Å². The van der Waals surface area contributed by atoms with E-state index < -0.39 is 6.04 Å². The Morgan fingerprint density at radius 1 is 1.06 bits per heavy atom. The second-order valence-corrected chi connectivity index (χ2v) is 8.50. The topological polar surface area (TPSA) is 79.1 Å². The monoisotopic (exact) mass is 464 g/mol. The van der Waals surface area contributed by atoms with Crippen molar-refractivity contribution < 1.29 is 19.0 Å². The number of aromatic nitrogens is 1. The van der Waals surface area contributed by atoms with Gasteiger partial charge in [0.1, 0.15) is 17.2 Å². The van der Waals surface area contributed by atoms with Gasteiger partial charge in [0.15, 0.2) is 10.6 Å². The fraction of sp³-hybridized carbons (Fsp3) is 0.240. The van der Waals surface area contributed by atoms with Gasteiger partial charge in [-0.1, -0.05) is 29.5 Å². The van der Waals surface area contributed by atoms with Crippen LogP contribution in [0.4, 0.5) is 0 Å². The number of methoxy groups -OCH3 is 3. The molecule has 0 amide bonds. The Morgan fingerprint density at radius 3 is 2.45 bits per heavy atom. The molecule has 1 aliphatic rings. The lowest BCUT2D eigenvalue weighted by Gasteiger charge is -2.26. The Kier molecular flexibility index (Phi) is 6.20. The van der Waals surface area contributed by atoms with Gasteiger partial charge >= 0.3 is 0 Å². The van der Waals surface area contributed by atoms with Crippen molar-refractivity contribution in [1.82, 2.24) is 4.57 Å². The minimum absolute atomic E-state index is 0.155. The van der Waals surface area contributed by atoms with E-state index in [1.807, 2.05) is 30.3 Å². The maximum atomic E-state index is 13.6. The number of carbonyl (C=O) groups is 1. The summed E-state index contributed by atoms with van der Waals surface area (Å²) in [6, 6.07) is 12.2. The molecule has 2 aromatic carbocycles. The summed E-state index contributed by atoms with van der Waals surface area (Å²) in [6.07, 6.45) is 1.79. The summed E-state index contributed by atoms with van der Waals surface area (Å²) < 4.78 is 18.4. The van der Waals surface area contributed by atoms with E-state index in [1.54, 1.807) is 51.0 Å². The van der Waals surface area contributed by atoms with Gasteiger partial charge in [-0.25, -0.2) is 4.99 Å². The van der Waals surface area contributed by atoms with Crippen molar-refractivity contribution in [3.05, 3.63) is 84.5 Å². The van der Waals surface area contributed by atoms with E-state index >= 15 is 0 Å². The zero-order valence-corrected chi connectivity index (χ0v) is 19.9. The van der Waals surface area contributed by atoms with Gasteiger partial charge in [-0.15, -0.1) is 0 Å². The number of ether oxygens (including phenoxy) is 3. The highest BCUT2D eigenvalue weighted by Crippen LogP contribution is 2.37. The van der Waals surface area contributed by atoms with E-state index in [9.17, 15) is 9.59 Å². The van der Waals surface area contributed by atoms with Crippen LogP contribution in [-0.2, 0) is 4.79 Å². The molecule has 2 heterocycles. The van der Waals surface area contributed by atoms with Crippen LogP contribution in [-0.4, -0.2) is 31.7 Å². The molecule has 170 valence electrons. The predicted octanol–water partition coefficient (Wildman–Crippen LogP) is 2.85. The van der Waals surface area contributed by atoms with E-state index in [1.165, 1.54) is 18.3 Å². The standard InChI is InChI=1S/C25H24N2O5S/c1-14-22(15(2)28)23(18-11-10-17(30-3)13-20(18)32-5)27-24(29)21(33-25(27)26-14)12-16-8-6-7-9-19(16)31-4/h6-13,23H,1-5H3/t23-/m1/s1. The molecular formula is C25H24N2O5S. The van der Waals surface area contributed by atoms with Crippen LogP contribution in [0.15, 0.2) is 63.5 Å². The zero-order valence-electron chi connectivity index (χ0n) is 19.0. The van der Waals surface area contributed by atoms with Crippen molar-refractivity contribution in [3.8, 4) is 17.2 Å². The summed E-state index contributed by atoms with van der Waals surface area (Å²) in [5.41, 5.74) is 2.26. The molecule has 0 bridgehead atoms. The molecule has 3 aromatic rings. The molecule has 7 nitrogen and oxygen atoms in total. The van der Waals surface area contributed by atoms with E-state index in [4.69, 9.17) is 14.2 Å². The third-order valence-electron chi connectivity index (χ3n) is 5.56. The quantitative estimate of drug-likeness (QED) is 0.561. The molecule has 0 aliphatic carbocycles. The van der Waals surface area contributed by atoms with Crippen molar-refractivity contribution in [2.24, 2.45) is 4.99 Å². The summed E-state index contributed by atoms with van der Waals surface area (Å²) in [6.45, 7) is 3.28. The number of benzene rings is 2. The molecule has 0 unspecified atom stereocenters. The van der Waals surface area contributed by atoms with Gasteiger partial charge in [0.2, 0.25) is 0 Å². The normalized spacial score (nSPS) is 15.7. The first kappa shape index (κ1) is 22.5. The van der Waals surface area contributed by atoms with E-state index in [2.05, 4.69) is 4.99 Å². The van der Waals surface area contributed by atoms with Gasteiger partial charge in [-0.3, -0.25) is 14.2 Å². The van der Waals surface area contributed by atoms with E-state index in [0.29, 0.717) is 43.4 Å². The largest absolute Gasteiger partial charge is 0.497 e. The first-order valence-corrected chi connectivity index (χ1v) is 11.1. The van der Waals surface area contributed by atoms with Gasteiger partial charge in [0, 0.05) is 28.5 Å². The number of hydrogen-bond donors (Lipinski definition) is 0. The lowest BCUT2D eigenvalue weighted by molar-refractivity contribution is -0.114. The maximum absolute atomic E-state index is 13.6. The highest BCUT2D eigenvalue weighted by Gasteiger charge is 2.32. The van der Waals surface area contributed by atoms with E-state index in [0.717, 1.165) is 5.56 Å². The molecule has 33 heavy (non-hydrogen) atoms. The molecule has 1 atom stereocenters. The summed E-state index contributed by atoms with van der Waals surface area (Å²) in [5.74, 6) is 1.65. The number of thiazole rings is 1. The fourth-order valence-electron chi connectivity index (χ4n) is 4.04. The lowest BCUT2D eigenvalue weighted by Crippen LogP contribution is -2.39. The highest BCUT2D eigenvalue weighted by atomic mass is 32.1. The van der Waals surface area contributed by atoms with Crippen molar-refractivity contribution in [2.75, 3.05) is 21.3 Å². The van der Waals surface area contributed by atoms with Crippen molar-refractivity contribution in [2.45, 2.75) is 19.9 Å². The number of fused-ring (bicyclic) bond motifs is 1. The number of allylic oxidation sites excluding steroid dienone is 2. The number of hydrogen-bond acceptors (Lipinski definition) is 7. The summed E-state index contributed by atoms with van der Waals surface area (Å²) in [5, 5.41) is 0. The number of rotatable bonds is 6. The lowest BCUT2D eigenvalue weighted by atomic mass is 9.92. The third kappa shape index (κ3) is 3.98. The van der Waals surface area contributed by atoms with Crippen LogP contribution >= 0.6 is 11.3 Å². The Morgan fingerprint density at radius 2 is 1.79 bits per heavy atom. The number of ketones is 1. The second kappa shape index (κ2) is 9.07. The molecule has 0 saturated heterocycles. The minimum Gasteiger partial charge on any atom is -0.497 e.